The van der Waals surface area contributed by atoms with E-state index in [2.05, 4.69) is 0 Å². The maximum absolute atomic E-state index is 12.0. The van der Waals surface area contributed by atoms with E-state index in [0.717, 1.165) is 5.56 Å². The van der Waals surface area contributed by atoms with Crippen molar-refractivity contribution >= 4 is 29.2 Å². The SMILES string of the molecule is CN(Cc1ccc(Cl)cc1)C(=O)COC(=O)COc1ccccc1[N+](=O)[O-]. The van der Waals surface area contributed by atoms with Crippen LogP contribution in [-0.2, 0) is 20.9 Å². The summed E-state index contributed by atoms with van der Waals surface area (Å²) in [7, 11) is 1.58. The number of hydrogen-bond acceptors (Lipinski definition) is 6. The Morgan fingerprint density at radius 2 is 1.78 bits per heavy atom. The second-order valence-corrected chi connectivity index (χ2v) is 5.99. The molecule has 1 amide bonds. The molecule has 0 aliphatic heterocycles. The maximum atomic E-state index is 12.0. The molecule has 27 heavy (non-hydrogen) atoms. The first-order valence-corrected chi connectivity index (χ1v) is 8.25. The highest BCUT2D eigenvalue weighted by atomic mass is 35.5. The lowest BCUT2D eigenvalue weighted by Gasteiger charge is -2.17. The number of halogens is 1. The predicted molar refractivity (Wildman–Crippen MR) is 97.5 cm³/mol. The van der Waals surface area contributed by atoms with Crippen molar-refractivity contribution in [3.05, 3.63) is 69.2 Å². The van der Waals surface area contributed by atoms with Gasteiger partial charge in [0.25, 0.3) is 5.91 Å². The van der Waals surface area contributed by atoms with Crippen LogP contribution in [0.4, 0.5) is 5.69 Å². The van der Waals surface area contributed by atoms with Gasteiger partial charge in [-0.05, 0) is 23.8 Å². The van der Waals surface area contributed by atoms with Crippen LogP contribution in [0.1, 0.15) is 5.56 Å². The van der Waals surface area contributed by atoms with Crippen molar-refractivity contribution in [3.63, 3.8) is 0 Å². The van der Waals surface area contributed by atoms with Crippen molar-refractivity contribution in [3.8, 4) is 5.75 Å². The fourth-order valence-electron chi connectivity index (χ4n) is 2.11. The zero-order valence-corrected chi connectivity index (χ0v) is 15.2. The van der Waals surface area contributed by atoms with Crippen LogP contribution in [0, 0.1) is 10.1 Å². The zero-order valence-electron chi connectivity index (χ0n) is 14.5. The molecular formula is C18H17ClN2O6. The molecular weight excluding hydrogens is 376 g/mol. The molecule has 0 fully saturated rings. The number of amides is 1. The molecule has 0 aromatic heterocycles. The average molecular weight is 393 g/mol. The van der Waals surface area contributed by atoms with E-state index >= 15 is 0 Å². The quantitative estimate of drug-likeness (QED) is 0.389. The molecule has 2 aromatic rings. The minimum atomic E-state index is -0.804. The lowest BCUT2D eigenvalue weighted by molar-refractivity contribution is -0.385. The Bertz CT molecular complexity index is 825. The number of ether oxygens (including phenoxy) is 2. The van der Waals surface area contributed by atoms with Crippen LogP contribution in [-0.4, -0.2) is 42.0 Å². The van der Waals surface area contributed by atoms with E-state index in [1.165, 1.54) is 23.1 Å². The molecule has 0 aliphatic rings. The number of benzene rings is 2. The van der Waals surface area contributed by atoms with E-state index in [0.29, 0.717) is 11.6 Å². The Hall–Kier alpha value is -3.13. The van der Waals surface area contributed by atoms with Crippen LogP contribution in [0.25, 0.3) is 0 Å². The molecule has 0 unspecified atom stereocenters. The summed E-state index contributed by atoms with van der Waals surface area (Å²) in [5.41, 5.74) is 0.616. The van der Waals surface area contributed by atoms with Gasteiger partial charge in [0.2, 0.25) is 0 Å². The van der Waals surface area contributed by atoms with Crippen molar-refractivity contribution in [2.24, 2.45) is 0 Å². The third-order valence-electron chi connectivity index (χ3n) is 3.52. The molecule has 0 aliphatic carbocycles. The molecule has 2 rings (SSSR count). The molecule has 0 radical (unpaired) electrons. The first-order chi connectivity index (χ1) is 12.9. The zero-order chi connectivity index (χ0) is 19.8. The Morgan fingerprint density at radius 3 is 2.44 bits per heavy atom. The molecule has 9 heteroatoms. The number of carbonyl (C=O) groups excluding carboxylic acids is 2. The third-order valence-corrected chi connectivity index (χ3v) is 3.77. The number of nitrogens with zero attached hydrogens (tertiary/aromatic N) is 2. The summed E-state index contributed by atoms with van der Waals surface area (Å²) in [5.74, 6) is -1.25. The van der Waals surface area contributed by atoms with E-state index in [4.69, 9.17) is 21.1 Å². The molecule has 0 atom stereocenters. The number of nitro benzene ring substituents is 1. The van der Waals surface area contributed by atoms with Crippen molar-refractivity contribution in [2.75, 3.05) is 20.3 Å². The normalized spacial score (nSPS) is 10.1. The fourth-order valence-corrected chi connectivity index (χ4v) is 2.24. The summed E-state index contributed by atoms with van der Waals surface area (Å²) >= 11 is 5.81. The lowest BCUT2D eigenvalue weighted by atomic mass is 10.2. The van der Waals surface area contributed by atoms with Gasteiger partial charge in [-0.3, -0.25) is 14.9 Å². The summed E-state index contributed by atoms with van der Waals surface area (Å²) in [6.45, 7) is -0.664. The summed E-state index contributed by atoms with van der Waals surface area (Å²) in [6.07, 6.45) is 0. The molecule has 2 aromatic carbocycles. The molecule has 142 valence electrons. The van der Waals surface area contributed by atoms with Crippen molar-refractivity contribution in [1.82, 2.24) is 4.90 Å². The van der Waals surface area contributed by atoms with Gasteiger partial charge in [0.05, 0.1) is 4.92 Å². The number of esters is 1. The van der Waals surface area contributed by atoms with Gasteiger partial charge < -0.3 is 14.4 Å². The molecule has 0 heterocycles. The predicted octanol–water partition coefficient (Wildman–Crippen LogP) is 2.83. The van der Waals surface area contributed by atoms with Gasteiger partial charge in [0.1, 0.15) is 0 Å². The Kier molecular flexibility index (Phi) is 7.13. The Balaban J connectivity index is 1.78. The average Bonchev–Trinajstić information content (AvgIpc) is 2.66. The smallest absolute Gasteiger partial charge is 0.344 e. The second kappa shape index (κ2) is 9.54. The van der Waals surface area contributed by atoms with E-state index in [1.807, 2.05) is 0 Å². The van der Waals surface area contributed by atoms with E-state index in [1.54, 1.807) is 37.4 Å². The van der Waals surface area contributed by atoms with Gasteiger partial charge in [-0.15, -0.1) is 0 Å². The Morgan fingerprint density at radius 1 is 1.11 bits per heavy atom. The molecule has 0 N–H and O–H groups in total. The fraction of sp³-hybridized carbons (Fsp3) is 0.222. The van der Waals surface area contributed by atoms with Gasteiger partial charge in [-0.1, -0.05) is 35.9 Å². The van der Waals surface area contributed by atoms with Crippen LogP contribution in [0.5, 0.6) is 5.75 Å². The molecule has 0 saturated carbocycles. The van der Waals surface area contributed by atoms with Crippen LogP contribution >= 0.6 is 11.6 Å². The minimum Gasteiger partial charge on any atom is -0.475 e. The van der Waals surface area contributed by atoms with Crippen LogP contribution < -0.4 is 4.74 Å². The maximum Gasteiger partial charge on any atom is 0.344 e. The number of nitro groups is 1. The third kappa shape index (κ3) is 6.27. The Labute approximate surface area is 160 Å². The van der Waals surface area contributed by atoms with Crippen molar-refractivity contribution in [2.45, 2.75) is 6.54 Å². The number of rotatable bonds is 8. The number of para-hydroxylation sites is 2. The van der Waals surface area contributed by atoms with Gasteiger partial charge in [0.15, 0.2) is 19.0 Å². The summed E-state index contributed by atoms with van der Waals surface area (Å²) < 4.78 is 9.96. The number of likely N-dealkylation sites (N-methyl/N-ethyl adjacent to an activating group) is 1. The number of hydrogen-bond donors (Lipinski definition) is 0. The monoisotopic (exact) mass is 392 g/mol. The highest BCUT2D eigenvalue weighted by molar-refractivity contribution is 6.30. The van der Waals surface area contributed by atoms with Crippen LogP contribution in [0.15, 0.2) is 48.5 Å². The van der Waals surface area contributed by atoms with Crippen molar-refractivity contribution < 1.29 is 24.0 Å². The molecule has 0 spiro atoms. The largest absolute Gasteiger partial charge is 0.475 e. The van der Waals surface area contributed by atoms with Gasteiger partial charge in [-0.2, -0.15) is 0 Å². The van der Waals surface area contributed by atoms with E-state index in [-0.39, 0.29) is 11.4 Å². The van der Waals surface area contributed by atoms with Crippen molar-refractivity contribution in [1.29, 1.82) is 0 Å². The van der Waals surface area contributed by atoms with Gasteiger partial charge in [-0.25, -0.2) is 4.79 Å². The second-order valence-electron chi connectivity index (χ2n) is 5.55. The minimum absolute atomic E-state index is 0.0503. The first-order valence-electron chi connectivity index (χ1n) is 7.87. The number of carbonyl (C=O) groups is 2. The standard InChI is InChI=1S/C18H17ClN2O6/c1-20(10-13-6-8-14(19)9-7-13)17(22)11-27-18(23)12-26-16-5-3-2-4-15(16)21(24)25/h2-9H,10-12H2,1H3. The highest BCUT2D eigenvalue weighted by Crippen LogP contribution is 2.25. The van der Waals surface area contributed by atoms with Gasteiger partial charge >= 0.3 is 11.7 Å². The van der Waals surface area contributed by atoms with Crippen LogP contribution in [0.2, 0.25) is 5.02 Å². The molecule has 8 nitrogen and oxygen atoms in total. The topological polar surface area (TPSA) is 99.0 Å². The lowest BCUT2D eigenvalue weighted by Crippen LogP contribution is -2.31. The van der Waals surface area contributed by atoms with E-state index < -0.39 is 30.0 Å². The van der Waals surface area contributed by atoms with E-state index in [9.17, 15) is 19.7 Å². The van der Waals surface area contributed by atoms with Crippen LogP contribution in [0.3, 0.4) is 0 Å². The summed E-state index contributed by atoms with van der Waals surface area (Å²) in [6, 6.07) is 12.7. The first kappa shape index (κ1) is 20.2. The summed E-state index contributed by atoms with van der Waals surface area (Å²) in [4.78, 5) is 35.4. The highest BCUT2D eigenvalue weighted by Gasteiger charge is 2.17. The van der Waals surface area contributed by atoms with Gasteiger partial charge in [0, 0.05) is 24.7 Å². The molecule has 0 bridgehead atoms. The summed E-state index contributed by atoms with van der Waals surface area (Å²) in [5, 5.41) is 11.5. The molecule has 0 saturated heterocycles.